The van der Waals surface area contributed by atoms with E-state index >= 15 is 0 Å². The highest BCUT2D eigenvalue weighted by Gasteiger charge is 2.11. The van der Waals surface area contributed by atoms with Crippen molar-refractivity contribution in [1.82, 2.24) is 0 Å². The lowest BCUT2D eigenvalue weighted by molar-refractivity contribution is -0.116. The summed E-state index contributed by atoms with van der Waals surface area (Å²) >= 11 is 0. The third-order valence-corrected chi connectivity index (χ3v) is 4.51. The molecule has 1 aliphatic heterocycles. The first-order valence-electron chi connectivity index (χ1n) is 9.11. The summed E-state index contributed by atoms with van der Waals surface area (Å²) in [4.78, 5) is 25.7. The van der Waals surface area contributed by atoms with Gasteiger partial charge in [-0.05, 0) is 61.2 Å². The number of nitrogens with one attached hydrogen (secondary N) is 2. The van der Waals surface area contributed by atoms with E-state index in [4.69, 9.17) is 0 Å². The van der Waals surface area contributed by atoms with Crippen LogP contribution in [0.2, 0.25) is 0 Å². The summed E-state index contributed by atoms with van der Waals surface area (Å²) in [7, 11) is 0. The zero-order valence-electron chi connectivity index (χ0n) is 15.1. The lowest BCUT2D eigenvalue weighted by atomic mass is 10.1. The molecule has 1 fully saturated rings. The van der Waals surface area contributed by atoms with Crippen LogP contribution in [0.3, 0.4) is 0 Å². The van der Waals surface area contributed by atoms with Crippen LogP contribution in [0.5, 0.6) is 0 Å². The number of carbonyl (C=O) groups is 2. The number of nitrogens with zero attached hydrogens (tertiary/aromatic N) is 1. The molecule has 5 heteroatoms. The number of carbonyl (C=O) groups excluding carboxylic acids is 2. The Hall–Kier alpha value is -2.82. The van der Waals surface area contributed by atoms with Crippen molar-refractivity contribution in [3.8, 4) is 0 Å². The van der Waals surface area contributed by atoms with Gasteiger partial charge in [-0.25, -0.2) is 0 Å². The van der Waals surface area contributed by atoms with Gasteiger partial charge in [-0.15, -0.1) is 0 Å². The highest BCUT2D eigenvalue weighted by Crippen LogP contribution is 2.22. The Morgan fingerprint density at radius 2 is 1.42 bits per heavy atom. The molecule has 0 spiro atoms. The van der Waals surface area contributed by atoms with Crippen LogP contribution in [0.1, 0.15) is 31.7 Å². The number of rotatable bonds is 5. The zero-order valence-corrected chi connectivity index (χ0v) is 15.1. The van der Waals surface area contributed by atoms with Gasteiger partial charge in [0.05, 0.1) is 6.42 Å². The van der Waals surface area contributed by atoms with Crippen molar-refractivity contribution in [2.75, 3.05) is 28.6 Å². The standard InChI is InChI=1S/C21H25N3O2/c1-16(25)22-18-7-5-17(6-8-18)15-21(26)23-19-9-11-20(12-10-19)24-13-3-2-4-14-24/h5-12H,2-4,13-15H2,1H3,(H,22,25)(H,23,26). The van der Waals surface area contributed by atoms with E-state index in [1.54, 1.807) is 12.1 Å². The molecule has 136 valence electrons. The molecule has 0 unspecified atom stereocenters. The van der Waals surface area contributed by atoms with E-state index in [9.17, 15) is 9.59 Å². The molecule has 0 saturated carbocycles. The highest BCUT2D eigenvalue weighted by molar-refractivity contribution is 5.92. The van der Waals surface area contributed by atoms with Crippen molar-refractivity contribution in [3.63, 3.8) is 0 Å². The second-order valence-corrected chi connectivity index (χ2v) is 6.70. The summed E-state index contributed by atoms with van der Waals surface area (Å²) in [5, 5.41) is 5.65. The van der Waals surface area contributed by atoms with Gasteiger partial charge in [0, 0.05) is 37.1 Å². The monoisotopic (exact) mass is 351 g/mol. The minimum Gasteiger partial charge on any atom is -0.372 e. The third-order valence-electron chi connectivity index (χ3n) is 4.51. The number of amides is 2. The molecule has 2 aromatic rings. The summed E-state index contributed by atoms with van der Waals surface area (Å²) in [6, 6.07) is 15.4. The molecule has 1 heterocycles. The quantitative estimate of drug-likeness (QED) is 0.861. The fourth-order valence-corrected chi connectivity index (χ4v) is 3.21. The smallest absolute Gasteiger partial charge is 0.228 e. The van der Waals surface area contributed by atoms with Gasteiger partial charge >= 0.3 is 0 Å². The summed E-state index contributed by atoms with van der Waals surface area (Å²) in [6.45, 7) is 3.69. The Morgan fingerprint density at radius 3 is 2.04 bits per heavy atom. The third kappa shape index (κ3) is 5.09. The van der Waals surface area contributed by atoms with Gasteiger partial charge in [-0.2, -0.15) is 0 Å². The Labute approximate surface area is 154 Å². The zero-order chi connectivity index (χ0) is 18.4. The van der Waals surface area contributed by atoms with Crippen LogP contribution in [-0.2, 0) is 16.0 Å². The summed E-state index contributed by atoms with van der Waals surface area (Å²) in [5.41, 5.74) is 3.67. The number of hydrogen-bond acceptors (Lipinski definition) is 3. The largest absolute Gasteiger partial charge is 0.372 e. The number of benzene rings is 2. The van der Waals surface area contributed by atoms with Crippen LogP contribution in [0.25, 0.3) is 0 Å². The number of piperidine rings is 1. The fourth-order valence-electron chi connectivity index (χ4n) is 3.21. The Kier molecular flexibility index (Phi) is 5.89. The van der Waals surface area contributed by atoms with Gasteiger partial charge in [0.2, 0.25) is 11.8 Å². The van der Waals surface area contributed by atoms with Crippen molar-refractivity contribution >= 4 is 28.9 Å². The number of anilines is 3. The Balaban J connectivity index is 1.53. The molecular formula is C21H25N3O2. The van der Waals surface area contributed by atoms with Crippen molar-refractivity contribution in [2.45, 2.75) is 32.6 Å². The van der Waals surface area contributed by atoms with Gasteiger partial charge in [0.15, 0.2) is 0 Å². The van der Waals surface area contributed by atoms with E-state index in [1.807, 2.05) is 24.3 Å². The van der Waals surface area contributed by atoms with Gasteiger partial charge < -0.3 is 15.5 Å². The van der Waals surface area contributed by atoms with Crippen LogP contribution in [0.15, 0.2) is 48.5 Å². The van der Waals surface area contributed by atoms with Crippen molar-refractivity contribution in [3.05, 3.63) is 54.1 Å². The van der Waals surface area contributed by atoms with E-state index < -0.39 is 0 Å². The topological polar surface area (TPSA) is 61.4 Å². The highest BCUT2D eigenvalue weighted by atomic mass is 16.2. The van der Waals surface area contributed by atoms with E-state index in [-0.39, 0.29) is 11.8 Å². The average molecular weight is 351 g/mol. The molecule has 2 N–H and O–H groups in total. The SMILES string of the molecule is CC(=O)Nc1ccc(CC(=O)Nc2ccc(N3CCCCC3)cc2)cc1. The van der Waals surface area contributed by atoms with Crippen LogP contribution in [-0.4, -0.2) is 24.9 Å². The van der Waals surface area contributed by atoms with E-state index in [1.165, 1.54) is 31.9 Å². The first-order valence-corrected chi connectivity index (χ1v) is 9.11. The molecule has 26 heavy (non-hydrogen) atoms. The van der Waals surface area contributed by atoms with Crippen molar-refractivity contribution in [2.24, 2.45) is 0 Å². The van der Waals surface area contributed by atoms with E-state index in [0.717, 1.165) is 30.0 Å². The second-order valence-electron chi connectivity index (χ2n) is 6.70. The molecule has 2 amide bonds. The predicted octanol–water partition coefficient (Wildman–Crippen LogP) is 3.82. The van der Waals surface area contributed by atoms with Gasteiger partial charge in [-0.1, -0.05) is 12.1 Å². The average Bonchev–Trinajstić information content (AvgIpc) is 2.64. The van der Waals surface area contributed by atoms with Gasteiger partial charge in [-0.3, -0.25) is 9.59 Å². The predicted molar refractivity (Wildman–Crippen MR) is 106 cm³/mol. The summed E-state index contributed by atoms with van der Waals surface area (Å²) < 4.78 is 0. The van der Waals surface area contributed by atoms with Crippen LogP contribution in [0.4, 0.5) is 17.1 Å². The fraction of sp³-hybridized carbons (Fsp3) is 0.333. The second kappa shape index (κ2) is 8.52. The maximum Gasteiger partial charge on any atom is 0.228 e. The summed E-state index contributed by atoms with van der Waals surface area (Å²) in [5.74, 6) is -0.161. The lowest BCUT2D eigenvalue weighted by Crippen LogP contribution is -2.29. The molecule has 0 aliphatic carbocycles. The Morgan fingerprint density at radius 1 is 0.846 bits per heavy atom. The van der Waals surface area contributed by atoms with Gasteiger partial charge in [0.1, 0.15) is 0 Å². The lowest BCUT2D eigenvalue weighted by Gasteiger charge is -2.28. The van der Waals surface area contributed by atoms with Crippen LogP contribution < -0.4 is 15.5 Å². The van der Waals surface area contributed by atoms with E-state index in [2.05, 4.69) is 27.7 Å². The van der Waals surface area contributed by atoms with Crippen molar-refractivity contribution in [1.29, 1.82) is 0 Å². The normalized spacial score (nSPS) is 14.0. The number of hydrogen-bond donors (Lipinski definition) is 2. The van der Waals surface area contributed by atoms with Crippen LogP contribution in [0, 0.1) is 0 Å². The molecule has 2 aromatic carbocycles. The molecule has 0 bridgehead atoms. The molecular weight excluding hydrogens is 326 g/mol. The maximum atomic E-state index is 12.2. The molecule has 0 radical (unpaired) electrons. The van der Waals surface area contributed by atoms with Crippen molar-refractivity contribution < 1.29 is 9.59 Å². The molecule has 0 atom stereocenters. The molecule has 1 aliphatic rings. The molecule has 5 nitrogen and oxygen atoms in total. The first-order chi connectivity index (χ1) is 12.6. The summed E-state index contributed by atoms with van der Waals surface area (Å²) in [6.07, 6.45) is 4.11. The van der Waals surface area contributed by atoms with E-state index in [0.29, 0.717) is 6.42 Å². The maximum absolute atomic E-state index is 12.2. The van der Waals surface area contributed by atoms with Gasteiger partial charge in [0.25, 0.3) is 0 Å². The minimum atomic E-state index is -0.108. The first kappa shape index (κ1) is 18.0. The molecule has 0 aromatic heterocycles. The Bertz CT molecular complexity index is 748. The minimum absolute atomic E-state index is 0.0528. The molecule has 3 rings (SSSR count). The van der Waals surface area contributed by atoms with Crippen LogP contribution >= 0.6 is 0 Å². The molecule has 1 saturated heterocycles.